The van der Waals surface area contributed by atoms with Gasteiger partial charge in [0.2, 0.25) is 5.91 Å². The Morgan fingerprint density at radius 3 is 2.71 bits per heavy atom. The number of carboxylic acids is 1. The lowest BCUT2D eigenvalue weighted by Gasteiger charge is -2.23. The molecular formula is C13H14ClN3O4. The van der Waals surface area contributed by atoms with Crippen molar-refractivity contribution in [3.63, 3.8) is 0 Å². The van der Waals surface area contributed by atoms with Crippen LogP contribution in [0.15, 0.2) is 18.2 Å². The summed E-state index contributed by atoms with van der Waals surface area (Å²) < 4.78 is 0. The van der Waals surface area contributed by atoms with E-state index >= 15 is 0 Å². The predicted octanol–water partition coefficient (Wildman–Crippen LogP) is 1.52. The van der Waals surface area contributed by atoms with Crippen LogP contribution in [0.3, 0.4) is 0 Å². The first-order valence-corrected chi connectivity index (χ1v) is 6.67. The molecule has 8 heteroatoms. The van der Waals surface area contributed by atoms with Crippen molar-refractivity contribution in [3.8, 4) is 0 Å². The molecule has 1 aliphatic heterocycles. The highest BCUT2D eigenvalue weighted by molar-refractivity contribution is 6.31. The van der Waals surface area contributed by atoms with Crippen molar-refractivity contribution >= 4 is 35.2 Å². The summed E-state index contributed by atoms with van der Waals surface area (Å²) in [5.41, 5.74) is 5.24. The van der Waals surface area contributed by atoms with E-state index in [1.807, 2.05) is 0 Å². The number of halogens is 1. The van der Waals surface area contributed by atoms with E-state index in [0.29, 0.717) is 24.4 Å². The molecule has 112 valence electrons. The van der Waals surface area contributed by atoms with Gasteiger partial charge in [-0.05, 0) is 31.0 Å². The molecule has 0 saturated carbocycles. The van der Waals surface area contributed by atoms with Crippen molar-refractivity contribution in [1.29, 1.82) is 0 Å². The van der Waals surface area contributed by atoms with Gasteiger partial charge in [0.25, 0.3) is 0 Å². The number of nitrogens with one attached hydrogen (secondary N) is 1. The number of benzene rings is 1. The highest BCUT2D eigenvalue weighted by Crippen LogP contribution is 2.23. The van der Waals surface area contributed by atoms with Gasteiger partial charge in [0.15, 0.2) is 0 Å². The van der Waals surface area contributed by atoms with Crippen LogP contribution in [0.5, 0.6) is 0 Å². The first-order chi connectivity index (χ1) is 9.90. The third kappa shape index (κ3) is 3.25. The fraction of sp³-hybridized carbons (Fsp3) is 0.308. The van der Waals surface area contributed by atoms with Crippen LogP contribution in [-0.2, 0) is 4.79 Å². The molecule has 1 heterocycles. The molecule has 1 aromatic carbocycles. The van der Waals surface area contributed by atoms with E-state index in [4.69, 9.17) is 22.4 Å². The monoisotopic (exact) mass is 311 g/mol. The third-order valence-corrected chi connectivity index (χ3v) is 3.53. The molecule has 4 N–H and O–H groups in total. The van der Waals surface area contributed by atoms with Crippen LogP contribution in [0.4, 0.5) is 10.5 Å². The maximum absolute atomic E-state index is 12.2. The molecule has 1 aliphatic rings. The molecular weight excluding hydrogens is 298 g/mol. The van der Waals surface area contributed by atoms with E-state index in [1.165, 1.54) is 23.1 Å². The Morgan fingerprint density at radius 2 is 2.10 bits per heavy atom. The van der Waals surface area contributed by atoms with Crippen LogP contribution in [0, 0.1) is 0 Å². The summed E-state index contributed by atoms with van der Waals surface area (Å²) in [4.78, 5) is 35.9. The predicted molar refractivity (Wildman–Crippen MR) is 76.4 cm³/mol. The smallest absolute Gasteiger partial charge is 0.337 e. The minimum Gasteiger partial charge on any atom is -0.478 e. The molecule has 1 unspecified atom stereocenters. The van der Waals surface area contributed by atoms with Crippen LogP contribution >= 0.6 is 11.6 Å². The lowest BCUT2D eigenvalue weighted by molar-refractivity contribution is -0.121. The maximum Gasteiger partial charge on any atom is 0.337 e. The number of rotatable bonds is 3. The number of anilines is 1. The zero-order valence-electron chi connectivity index (χ0n) is 11.0. The standard InChI is InChI=1S/C13H14ClN3O4/c14-7-3-4-8(12(19)20)9(6-7)16-13(21)17-5-1-2-10(17)11(15)18/h3-4,6,10H,1-2,5H2,(H2,15,18)(H,16,21)(H,19,20). The maximum atomic E-state index is 12.2. The molecule has 0 spiro atoms. The van der Waals surface area contributed by atoms with Gasteiger partial charge in [-0.3, -0.25) is 4.79 Å². The number of hydrogen-bond acceptors (Lipinski definition) is 3. The summed E-state index contributed by atoms with van der Waals surface area (Å²) in [6.07, 6.45) is 1.17. The molecule has 0 bridgehead atoms. The van der Waals surface area contributed by atoms with Crippen molar-refractivity contribution in [1.82, 2.24) is 4.90 Å². The number of primary amides is 1. The fourth-order valence-electron chi connectivity index (χ4n) is 2.30. The number of carbonyl (C=O) groups is 3. The number of amides is 3. The highest BCUT2D eigenvalue weighted by atomic mass is 35.5. The van der Waals surface area contributed by atoms with E-state index in [0.717, 1.165) is 0 Å². The number of likely N-dealkylation sites (tertiary alicyclic amines) is 1. The molecule has 7 nitrogen and oxygen atoms in total. The number of aromatic carboxylic acids is 1. The summed E-state index contributed by atoms with van der Waals surface area (Å²) in [6.45, 7) is 0.391. The van der Waals surface area contributed by atoms with Crippen LogP contribution in [-0.4, -0.2) is 40.5 Å². The van der Waals surface area contributed by atoms with Gasteiger partial charge < -0.3 is 21.1 Å². The minimum atomic E-state index is -1.19. The van der Waals surface area contributed by atoms with Gasteiger partial charge in [-0.25, -0.2) is 9.59 Å². The van der Waals surface area contributed by atoms with Crippen molar-refractivity contribution in [2.75, 3.05) is 11.9 Å². The quantitative estimate of drug-likeness (QED) is 0.785. The van der Waals surface area contributed by atoms with E-state index in [9.17, 15) is 14.4 Å². The average Bonchev–Trinajstić information content (AvgIpc) is 2.87. The van der Waals surface area contributed by atoms with Crippen molar-refractivity contribution < 1.29 is 19.5 Å². The van der Waals surface area contributed by atoms with Crippen molar-refractivity contribution in [2.45, 2.75) is 18.9 Å². The summed E-state index contributed by atoms with van der Waals surface area (Å²) in [6, 6.07) is 2.83. The topological polar surface area (TPSA) is 113 Å². The Morgan fingerprint density at radius 1 is 1.38 bits per heavy atom. The van der Waals surface area contributed by atoms with Crippen LogP contribution in [0.1, 0.15) is 23.2 Å². The zero-order chi connectivity index (χ0) is 15.6. The number of nitrogens with two attached hydrogens (primary N) is 1. The Bertz CT molecular complexity index is 605. The van der Waals surface area contributed by atoms with Gasteiger partial charge in [0.05, 0.1) is 11.3 Å². The molecule has 1 fully saturated rings. The zero-order valence-corrected chi connectivity index (χ0v) is 11.8. The first-order valence-electron chi connectivity index (χ1n) is 6.30. The molecule has 1 aromatic rings. The third-order valence-electron chi connectivity index (χ3n) is 3.30. The second kappa shape index (κ2) is 6.01. The molecule has 0 radical (unpaired) electrons. The molecule has 1 saturated heterocycles. The highest BCUT2D eigenvalue weighted by Gasteiger charge is 2.33. The first kappa shape index (κ1) is 15.1. The molecule has 0 aromatic heterocycles. The van der Waals surface area contributed by atoms with Crippen molar-refractivity contribution in [3.05, 3.63) is 28.8 Å². The summed E-state index contributed by atoms with van der Waals surface area (Å²) in [7, 11) is 0. The second-order valence-corrected chi connectivity index (χ2v) is 5.12. The van der Waals surface area contributed by atoms with Gasteiger partial charge in [0.1, 0.15) is 6.04 Å². The van der Waals surface area contributed by atoms with Gasteiger partial charge >= 0.3 is 12.0 Å². The number of carboxylic acid groups (broad SMARTS) is 1. The number of urea groups is 1. The minimum absolute atomic E-state index is 0.0788. The Labute approximate surface area is 125 Å². The molecule has 1 atom stereocenters. The van der Waals surface area contributed by atoms with E-state index < -0.39 is 23.9 Å². The molecule has 3 amide bonds. The number of nitrogens with zero attached hydrogens (tertiary/aromatic N) is 1. The van der Waals surface area contributed by atoms with E-state index in [1.54, 1.807) is 0 Å². The van der Waals surface area contributed by atoms with Gasteiger partial charge in [-0.2, -0.15) is 0 Å². The van der Waals surface area contributed by atoms with E-state index in [2.05, 4.69) is 5.32 Å². The fourth-order valence-corrected chi connectivity index (χ4v) is 2.47. The normalized spacial score (nSPS) is 17.6. The molecule has 21 heavy (non-hydrogen) atoms. The lowest BCUT2D eigenvalue weighted by atomic mass is 10.2. The Kier molecular flexibility index (Phi) is 4.32. The Balaban J connectivity index is 2.21. The van der Waals surface area contributed by atoms with Crippen LogP contribution < -0.4 is 11.1 Å². The van der Waals surface area contributed by atoms with E-state index in [-0.39, 0.29) is 11.3 Å². The Hall–Kier alpha value is -2.28. The molecule has 0 aliphatic carbocycles. The summed E-state index contributed by atoms with van der Waals surface area (Å²) >= 11 is 5.81. The second-order valence-electron chi connectivity index (χ2n) is 4.68. The summed E-state index contributed by atoms with van der Waals surface area (Å²) in [5.74, 6) is -1.76. The van der Waals surface area contributed by atoms with Gasteiger partial charge in [0, 0.05) is 11.6 Å². The van der Waals surface area contributed by atoms with Crippen molar-refractivity contribution in [2.24, 2.45) is 5.73 Å². The summed E-state index contributed by atoms with van der Waals surface area (Å²) in [5, 5.41) is 11.9. The van der Waals surface area contributed by atoms with Crippen LogP contribution in [0.25, 0.3) is 0 Å². The SMILES string of the molecule is NC(=O)C1CCCN1C(=O)Nc1cc(Cl)ccc1C(=O)O. The van der Waals surface area contributed by atoms with Gasteiger partial charge in [-0.15, -0.1) is 0 Å². The van der Waals surface area contributed by atoms with Gasteiger partial charge in [-0.1, -0.05) is 11.6 Å². The van der Waals surface area contributed by atoms with Crippen LogP contribution in [0.2, 0.25) is 5.02 Å². The number of carbonyl (C=O) groups excluding carboxylic acids is 2. The molecule has 2 rings (SSSR count). The number of hydrogen-bond donors (Lipinski definition) is 3. The average molecular weight is 312 g/mol. The lowest BCUT2D eigenvalue weighted by Crippen LogP contribution is -2.45. The largest absolute Gasteiger partial charge is 0.478 e.